The summed E-state index contributed by atoms with van der Waals surface area (Å²) in [6.45, 7) is 3.39. The van der Waals surface area contributed by atoms with Gasteiger partial charge in [-0.25, -0.2) is 8.78 Å². The minimum atomic E-state index is -2.32. The van der Waals surface area contributed by atoms with Crippen LogP contribution < -0.4 is 5.46 Å². The van der Waals surface area contributed by atoms with Gasteiger partial charge in [-0.3, -0.25) is 4.79 Å². The average molecular weight is 298 g/mol. The Labute approximate surface area is 128 Å². The molecule has 0 unspecified atom stereocenters. The quantitative estimate of drug-likeness (QED) is 0.386. The van der Waals surface area contributed by atoms with Crippen molar-refractivity contribution in [1.82, 2.24) is 4.98 Å². The average Bonchev–Trinajstić information content (AvgIpc) is 2.88. The number of rotatable bonds is 6. The van der Waals surface area contributed by atoms with E-state index in [-0.39, 0.29) is 17.7 Å². The molecule has 1 heterocycles. The fourth-order valence-electron chi connectivity index (χ4n) is 2.24. The lowest BCUT2D eigenvalue weighted by Crippen LogP contribution is -2.10. The van der Waals surface area contributed by atoms with Crippen molar-refractivity contribution in [3.63, 3.8) is 0 Å². The van der Waals surface area contributed by atoms with Crippen LogP contribution in [0, 0.1) is 11.3 Å². The second-order valence-electron chi connectivity index (χ2n) is 5.02. The molecule has 0 saturated heterocycles. The second-order valence-corrected chi connectivity index (χ2v) is 5.02. The highest BCUT2D eigenvalue weighted by Crippen LogP contribution is 2.19. The van der Waals surface area contributed by atoms with Gasteiger partial charge in [-0.2, -0.15) is 5.26 Å². The van der Waals surface area contributed by atoms with Crippen LogP contribution in [0.25, 0.3) is 10.9 Å². The minimum Gasteiger partial charge on any atom is -0.352 e. The van der Waals surface area contributed by atoms with E-state index < -0.39 is 12.2 Å². The third kappa shape index (κ3) is 3.42. The molecule has 0 saturated carbocycles. The van der Waals surface area contributed by atoms with Crippen molar-refractivity contribution in [2.24, 2.45) is 0 Å². The Morgan fingerprint density at radius 3 is 2.77 bits per heavy atom. The number of aromatic amines is 1. The number of carbonyl (C=O) groups is 1. The van der Waals surface area contributed by atoms with Gasteiger partial charge in [-0.1, -0.05) is 23.7 Å². The SMILES string of the molecule is [B]c1cc2[nH]c(C(=O)C(=C)C#N)cc2cc1CCCC(F)F. The lowest BCUT2D eigenvalue weighted by atomic mass is 9.87. The van der Waals surface area contributed by atoms with E-state index in [0.717, 1.165) is 10.9 Å². The van der Waals surface area contributed by atoms with Crippen LogP contribution in [-0.4, -0.2) is 25.0 Å². The Kier molecular flexibility index (Phi) is 4.76. The first-order chi connectivity index (χ1) is 10.4. The first-order valence-corrected chi connectivity index (χ1v) is 6.75. The van der Waals surface area contributed by atoms with Crippen LogP contribution in [0.2, 0.25) is 0 Å². The topological polar surface area (TPSA) is 56.6 Å². The predicted octanol–water partition coefficient (Wildman–Crippen LogP) is 2.81. The molecule has 0 atom stereocenters. The van der Waals surface area contributed by atoms with Gasteiger partial charge in [0.05, 0.1) is 11.3 Å². The monoisotopic (exact) mass is 298 g/mol. The molecule has 1 aromatic heterocycles. The summed E-state index contributed by atoms with van der Waals surface area (Å²) in [7, 11) is 5.91. The maximum atomic E-state index is 12.2. The van der Waals surface area contributed by atoms with Gasteiger partial charge in [-0.05, 0) is 25.0 Å². The van der Waals surface area contributed by atoms with Crippen LogP contribution in [0.3, 0.4) is 0 Å². The van der Waals surface area contributed by atoms with Gasteiger partial charge in [0.1, 0.15) is 13.9 Å². The number of hydrogen-bond acceptors (Lipinski definition) is 2. The van der Waals surface area contributed by atoms with Crippen molar-refractivity contribution >= 4 is 30.0 Å². The van der Waals surface area contributed by atoms with E-state index in [9.17, 15) is 13.6 Å². The number of fused-ring (bicyclic) bond motifs is 1. The Bertz CT molecular complexity index is 774. The van der Waals surface area contributed by atoms with E-state index in [1.165, 1.54) is 0 Å². The molecule has 2 radical (unpaired) electrons. The number of ketones is 1. The molecular weight excluding hydrogens is 285 g/mol. The number of alkyl halides is 2. The zero-order chi connectivity index (χ0) is 16.3. The molecule has 0 aliphatic carbocycles. The number of hydrogen-bond donors (Lipinski definition) is 1. The van der Waals surface area contributed by atoms with Crippen LogP contribution >= 0.6 is 0 Å². The number of nitriles is 1. The Balaban J connectivity index is 2.28. The van der Waals surface area contributed by atoms with Crippen LogP contribution in [-0.2, 0) is 6.42 Å². The van der Waals surface area contributed by atoms with E-state index in [1.807, 2.05) is 0 Å². The summed E-state index contributed by atoms with van der Waals surface area (Å²) < 4.78 is 24.4. The van der Waals surface area contributed by atoms with Crippen LogP contribution in [0.4, 0.5) is 8.78 Å². The molecule has 22 heavy (non-hydrogen) atoms. The number of allylic oxidation sites excluding steroid dienone is 1. The molecule has 0 spiro atoms. The van der Waals surface area contributed by atoms with Crippen LogP contribution in [0.15, 0.2) is 30.4 Å². The lowest BCUT2D eigenvalue weighted by Gasteiger charge is -2.06. The number of nitrogens with one attached hydrogen (secondary N) is 1. The van der Waals surface area contributed by atoms with E-state index in [0.29, 0.717) is 23.8 Å². The van der Waals surface area contributed by atoms with Gasteiger partial charge in [0.25, 0.3) is 0 Å². The summed E-state index contributed by atoms with van der Waals surface area (Å²) >= 11 is 0. The molecule has 0 bridgehead atoms. The molecule has 2 rings (SSSR count). The number of halogens is 2. The van der Waals surface area contributed by atoms with E-state index in [2.05, 4.69) is 11.6 Å². The first-order valence-electron chi connectivity index (χ1n) is 6.75. The molecule has 1 aromatic carbocycles. The van der Waals surface area contributed by atoms with Gasteiger partial charge < -0.3 is 4.98 Å². The summed E-state index contributed by atoms with van der Waals surface area (Å²) in [6, 6.07) is 6.76. The highest BCUT2D eigenvalue weighted by molar-refractivity contribution is 6.34. The third-order valence-corrected chi connectivity index (χ3v) is 3.40. The molecule has 0 aliphatic rings. The van der Waals surface area contributed by atoms with Crippen molar-refractivity contribution in [2.45, 2.75) is 25.7 Å². The van der Waals surface area contributed by atoms with Gasteiger partial charge in [0.2, 0.25) is 12.2 Å². The number of aryl methyl sites for hydroxylation is 1. The molecule has 3 nitrogen and oxygen atoms in total. The number of H-pyrrole nitrogens is 1. The molecule has 2 aromatic rings. The summed E-state index contributed by atoms with van der Waals surface area (Å²) in [5, 5.41) is 9.45. The van der Waals surface area contributed by atoms with Gasteiger partial charge in [0, 0.05) is 17.3 Å². The van der Waals surface area contributed by atoms with Crippen LogP contribution in [0.5, 0.6) is 0 Å². The largest absolute Gasteiger partial charge is 0.352 e. The molecule has 1 N–H and O–H groups in total. The van der Waals surface area contributed by atoms with E-state index in [4.69, 9.17) is 13.1 Å². The summed E-state index contributed by atoms with van der Waals surface area (Å²) in [5.74, 6) is -0.475. The summed E-state index contributed by atoms with van der Waals surface area (Å²) in [5.41, 5.74) is 2.01. The van der Waals surface area contributed by atoms with Crippen LogP contribution in [0.1, 0.15) is 28.9 Å². The maximum Gasteiger partial charge on any atom is 0.238 e. The number of benzene rings is 1. The van der Waals surface area contributed by atoms with Crippen molar-refractivity contribution in [1.29, 1.82) is 5.26 Å². The summed E-state index contributed by atoms with van der Waals surface area (Å²) in [6.07, 6.45) is -1.70. The van der Waals surface area contributed by atoms with Crippen molar-refractivity contribution < 1.29 is 13.6 Å². The second kappa shape index (κ2) is 6.57. The third-order valence-electron chi connectivity index (χ3n) is 3.40. The van der Waals surface area contributed by atoms with Crippen molar-refractivity contribution in [2.75, 3.05) is 0 Å². The predicted molar refractivity (Wildman–Crippen MR) is 81.7 cm³/mol. The van der Waals surface area contributed by atoms with E-state index in [1.54, 1.807) is 24.3 Å². The number of Topliss-reactive ketones (excluding diaryl/α,β-unsaturated/α-hetero) is 1. The van der Waals surface area contributed by atoms with Crippen molar-refractivity contribution in [3.8, 4) is 6.07 Å². The number of nitrogens with zero attached hydrogens (tertiary/aromatic N) is 1. The summed E-state index contributed by atoms with van der Waals surface area (Å²) in [4.78, 5) is 14.8. The number of aromatic nitrogens is 1. The maximum absolute atomic E-state index is 12.2. The fourth-order valence-corrected chi connectivity index (χ4v) is 2.24. The van der Waals surface area contributed by atoms with Crippen molar-refractivity contribution in [3.05, 3.63) is 41.6 Å². The highest BCUT2D eigenvalue weighted by Gasteiger charge is 2.14. The smallest absolute Gasteiger partial charge is 0.238 e. The molecule has 0 fully saturated rings. The fraction of sp³-hybridized carbons (Fsp3) is 0.250. The normalized spacial score (nSPS) is 10.8. The molecular formula is C16H13BF2N2O. The zero-order valence-electron chi connectivity index (χ0n) is 11.8. The molecule has 0 amide bonds. The Morgan fingerprint density at radius 2 is 2.14 bits per heavy atom. The van der Waals surface area contributed by atoms with Gasteiger partial charge in [-0.15, -0.1) is 0 Å². The first kappa shape index (κ1) is 16.0. The Morgan fingerprint density at radius 1 is 1.41 bits per heavy atom. The Hall–Kier alpha value is -2.42. The van der Waals surface area contributed by atoms with Gasteiger partial charge >= 0.3 is 0 Å². The lowest BCUT2D eigenvalue weighted by molar-refractivity contribution is 0.103. The molecule has 6 heteroatoms. The molecule has 110 valence electrons. The number of carbonyl (C=O) groups excluding carboxylic acids is 1. The zero-order valence-corrected chi connectivity index (χ0v) is 11.8. The highest BCUT2D eigenvalue weighted by atomic mass is 19.3. The standard InChI is InChI=1S/C16H13BF2N2O/c1-9(8-20)16(22)14-6-11-5-10(3-2-4-15(18)19)12(17)7-13(11)21-14/h5-7,15,21H,1-4H2. The van der Waals surface area contributed by atoms with E-state index >= 15 is 0 Å². The van der Waals surface area contributed by atoms with Gasteiger partial charge in [0.15, 0.2) is 0 Å². The molecule has 0 aliphatic heterocycles. The minimum absolute atomic E-state index is 0.156.